The van der Waals surface area contributed by atoms with E-state index in [1.165, 1.54) is 55.7 Å². The van der Waals surface area contributed by atoms with Gasteiger partial charge in [-0.25, -0.2) is 0 Å². The van der Waals surface area contributed by atoms with Crippen LogP contribution in [0.3, 0.4) is 0 Å². The van der Waals surface area contributed by atoms with E-state index in [-0.39, 0.29) is 0 Å². The number of allylic oxidation sites excluding steroid dienone is 4. The van der Waals surface area contributed by atoms with Crippen molar-refractivity contribution < 1.29 is 23.2 Å². The molecule has 2 aliphatic carbocycles. The van der Waals surface area contributed by atoms with Crippen molar-refractivity contribution in [3.63, 3.8) is 0 Å². The Balaban J connectivity index is 1.33. The number of para-hydroxylation sites is 4. The van der Waals surface area contributed by atoms with E-state index in [4.69, 9.17) is 0 Å². The normalized spacial score (nSPS) is 18.0. The van der Waals surface area contributed by atoms with Crippen LogP contribution >= 0.6 is 0 Å². The fraction of sp³-hybridized carbons (Fsp3) is 0.158. The van der Waals surface area contributed by atoms with Gasteiger partial charge in [0.1, 0.15) is 0 Å². The molecule has 0 saturated carbocycles. The average molecular weight is 608 g/mol. The molecule has 0 bridgehead atoms. The summed E-state index contributed by atoms with van der Waals surface area (Å²) in [7, 11) is 0. The van der Waals surface area contributed by atoms with Gasteiger partial charge in [-0.1, -0.05) is 0 Å². The van der Waals surface area contributed by atoms with Gasteiger partial charge in [-0.05, 0) is 0 Å². The van der Waals surface area contributed by atoms with Gasteiger partial charge in [0.05, 0.1) is 0 Å². The summed E-state index contributed by atoms with van der Waals surface area (Å²) in [4.78, 5) is 0. The number of nitrogens with zero attached hydrogens (tertiary/aromatic N) is 2. The van der Waals surface area contributed by atoms with E-state index in [1.54, 1.807) is 22.3 Å². The van der Waals surface area contributed by atoms with Crippen molar-refractivity contribution in [3.05, 3.63) is 143 Å². The van der Waals surface area contributed by atoms with Crippen molar-refractivity contribution in [1.82, 2.24) is 9.13 Å². The van der Waals surface area contributed by atoms with Crippen LogP contribution in [-0.2, 0) is 23.2 Å². The Bertz CT molecular complexity index is 1900. The molecule has 41 heavy (non-hydrogen) atoms. The summed E-state index contributed by atoms with van der Waals surface area (Å²) in [6.45, 7) is 9.56. The molecule has 6 aromatic rings. The minimum atomic E-state index is -1.05. The van der Waals surface area contributed by atoms with Crippen LogP contribution in [0.25, 0.3) is 44.3 Å². The topological polar surface area (TPSA) is 9.86 Å². The predicted molar refractivity (Wildman–Crippen MR) is 169 cm³/mol. The molecule has 0 N–H and O–H groups in total. The third-order valence-electron chi connectivity index (χ3n) is 9.53. The SMILES string of the molecule is CC1=C(C)[CH]([Zr][CH]2C(C)=C(C)c3c2c2ccccc2n3-c2ccccc2)c2c1n(-c1ccccc1)c1ccccc21. The Morgan fingerprint density at radius 2 is 0.829 bits per heavy atom. The Morgan fingerprint density at radius 1 is 0.463 bits per heavy atom. The van der Waals surface area contributed by atoms with Crippen LogP contribution in [-0.4, -0.2) is 9.13 Å². The van der Waals surface area contributed by atoms with Crippen LogP contribution in [0.1, 0.15) is 57.5 Å². The zero-order valence-corrected chi connectivity index (χ0v) is 26.4. The van der Waals surface area contributed by atoms with Crippen LogP contribution in [0.15, 0.2) is 120 Å². The first-order valence-electron chi connectivity index (χ1n) is 14.5. The molecule has 2 aliphatic rings. The number of hydrogen-bond acceptors (Lipinski definition) is 0. The first-order valence-corrected chi connectivity index (χ1v) is 17.4. The molecule has 4 aromatic carbocycles. The van der Waals surface area contributed by atoms with Crippen molar-refractivity contribution in [2.24, 2.45) is 0 Å². The summed E-state index contributed by atoms with van der Waals surface area (Å²) in [5.74, 6) is 0. The second-order valence-electron chi connectivity index (χ2n) is 11.5. The van der Waals surface area contributed by atoms with E-state index in [2.05, 4.69) is 146 Å². The van der Waals surface area contributed by atoms with Gasteiger partial charge in [0.2, 0.25) is 0 Å². The number of fused-ring (bicyclic) bond motifs is 6. The maximum absolute atomic E-state index is 2.53. The maximum atomic E-state index is 2.53. The third-order valence-corrected chi connectivity index (χ3v) is 14.7. The molecule has 0 saturated heterocycles. The van der Waals surface area contributed by atoms with E-state index in [0.717, 1.165) is 0 Å². The first-order chi connectivity index (χ1) is 20.1. The van der Waals surface area contributed by atoms with Crippen molar-refractivity contribution in [1.29, 1.82) is 0 Å². The van der Waals surface area contributed by atoms with Crippen molar-refractivity contribution in [2.75, 3.05) is 0 Å². The molecule has 2 heterocycles. The molecule has 0 spiro atoms. The monoisotopic (exact) mass is 606 g/mol. The van der Waals surface area contributed by atoms with E-state index in [0.29, 0.717) is 7.25 Å². The van der Waals surface area contributed by atoms with Gasteiger partial charge in [0, 0.05) is 0 Å². The molecule has 3 heteroatoms. The second-order valence-corrected chi connectivity index (χ2v) is 15.2. The van der Waals surface area contributed by atoms with Crippen LogP contribution in [0.2, 0.25) is 0 Å². The quantitative estimate of drug-likeness (QED) is 0.189. The summed E-state index contributed by atoms with van der Waals surface area (Å²) in [6, 6.07) is 40.0. The molecule has 198 valence electrons. The number of aromatic nitrogens is 2. The minimum absolute atomic E-state index is 0.543. The van der Waals surface area contributed by atoms with Gasteiger partial charge in [-0.15, -0.1) is 0 Å². The summed E-state index contributed by atoms with van der Waals surface area (Å²) in [5, 5.41) is 2.86. The van der Waals surface area contributed by atoms with E-state index in [9.17, 15) is 0 Å². The van der Waals surface area contributed by atoms with Crippen molar-refractivity contribution in [2.45, 2.75) is 34.9 Å². The van der Waals surface area contributed by atoms with Gasteiger partial charge in [-0.3, -0.25) is 0 Å². The summed E-state index contributed by atoms with van der Waals surface area (Å²) >= 11 is -1.05. The molecule has 2 atom stereocenters. The number of benzene rings is 4. The predicted octanol–water partition coefficient (Wildman–Crippen LogP) is 10.1. The molecule has 0 aliphatic heterocycles. The molecular weight excluding hydrogens is 576 g/mol. The molecule has 0 radical (unpaired) electrons. The van der Waals surface area contributed by atoms with E-state index >= 15 is 0 Å². The van der Waals surface area contributed by atoms with Crippen LogP contribution in [0, 0.1) is 0 Å². The Kier molecular flexibility index (Phi) is 5.77. The zero-order chi connectivity index (χ0) is 27.8. The van der Waals surface area contributed by atoms with Gasteiger partial charge in [0.25, 0.3) is 0 Å². The van der Waals surface area contributed by atoms with Crippen LogP contribution in [0.5, 0.6) is 0 Å². The molecular formula is C38H32N2Zr. The van der Waals surface area contributed by atoms with Crippen molar-refractivity contribution >= 4 is 33.0 Å². The fourth-order valence-corrected chi connectivity index (χ4v) is 12.7. The standard InChI is InChI=1S/2C19H16N.Zr/c2*1-13-12-17-16-10-6-7-11-18(16)20(19(17)14(13)2)15-8-4-3-5-9-15;/h2*3-12H,1-2H3;. The molecule has 2 unspecified atom stereocenters. The molecule has 8 rings (SSSR count). The molecule has 0 amide bonds. The van der Waals surface area contributed by atoms with Gasteiger partial charge < -0.3 is 0 Å². The molecule has 2 aromatic heterocycles. The Labute approximate surface area is 253 Å². The third kappa shape index (κ3) is 3.52. The first kappa shape index (κ1) is 25.1. The molecule has 2 nitrogen and oxygen atoms in total. The second kappa shape index (κ2) is 9.43. The fourth-order valence-electron chi connectivity index (χ4n) is 7.37. The Hall–Kier alpha value is -3.68. The van der Waals surface area contributed by atoms with Crippen LogP contribution < -0.4 is 0 Å². The van der Waals surface area contributed by atoms with Gasteiger partial charge in [-0.2, -0.15) is 0 Å². The Morgan fingerprint density at radius 3 is 1.24 bits per heavy atom. The van der Waals surface area contributed by atoms with Gasteiger partial charge in [0.15, 0.2) is 0 Å². The van der Waals surface area contributed by atoms with Crippen LogP contribution in [0.4, 0.5) is 0 Å². The van der Waals surface area contributed by atoms with E-state index < -0.39 is 23.2 Å². The number of hydrogen-bond donors (Lipinski definition) is 0. The van der Waals surface area contributed by atoms with Gasteiger partial charge >= 0.3 is 254 Å². The zero-order valence-electron chi connectivity index (χ0n) is 23.9. The average Bonchev–Trinajstić information content (AvgIpc) is 3.68. The number of rotatable bonds is 4. The van der Waals surface area contributed by atoms with Crippen molar-refractivity contribution in [3.8, 4) is 11.4 Å². The summed E-state index contributed by atoms with van der Waals surface area (Å²) in [6.07, 6.45) is 0. The van der Waals surface area contributed by atoms with E-state index in [1.807, 2.05) is 0 Å². The summed E-state index contributed by atoms with van der Waals surface area (Å²) < 4.78 is 6.14. The molecule has 0 fully saturated rings. The summed E-state index contributed by atoms with van der Waals surface area (Å²) in [5.41, 5.74) is 17.3.